The van der Waals surface area contributed by atoms with Crippen LogP contribution in [-0.2, 0) is 4.79 Å². The van der Waals surface area contributed by atoms with Crippen molar-refractivity contribution in [3.8, 4) is 0 Å². The van der Waals surface area contributed by atoms with Crippen LogP contribution in [0.15, 0.2) is 0 Å². The Morgan fingerprint density at radius 3 is 2.62 bits per heavy atom. The highest BCUT2D eigenvalue weighted by Crippen LogP contribution is 2.12. The van der Waals surface area contributed by atoms with Gasteiger partial charge in [-0.25, -0.2) is 9.59 Å². The summed E-state index contributed by atoms with van der Waals surface area (Å²) in [6, 6.07) is -0.344. The second kappa shape index (κ2) is 4.69. The molecule has 0 aliphatic carbocycles. The molecular formula is C10H19N3O3. The van der Waals surface area contributed by atoms with Gasteiger partial charge in [-0.2, -0.15) is 0 Å². The van der Waals surface area contributed by atoms with Crippen LogP contribution in [0.4, 0.5) is 4.79 Å². The molecular weight excluding hydrogens is 210 g/mol. The first-order valence-electron chi connectivity index (χ1n) is 5.45. The highest BCUT2D eigenvalue weighted by Gasteiger charge is 2.35. The Bertz CT molecular complexity index is 295. The third-order valence-electron chi connectivity index (χ3n) is 3.07. The molecule has 1 saturated heterocycles. The molecule has 2 atom stereocenters. The lowest BCUT2D eigenvalue weighted by Gasteiger charge is -2.27. The Labute approximate surface area is 94.8 Å². The van der Waals surface area contributed by atoms with Crippen LogP contribution in [-0.4, -0.2) is 46.7 Å². The number of nitrogens with two attached hydrogens (primary N) is 1. The van der Waals surface area contributed by atoms with Gasteiger partial charge >= 0.3 is 12.0 Å². The number of rotatable bonds is 3. The summed E-state index contributed by atoms with van der Waals surface area (Å²) in [7, 11) is 0. The summed E-state index contributed by atoms with van der Waals surface area (Å²) < 4.78 is 0. The molecule has 0 radical (unpaired) electrons. The first-order valence-corrected chi connectivity index (χ1v) is 5.45. The number of amides is 2. The van der Waals surface area contributed by atoms with Gasteiger partial charge in [-0.15, -0.1) is 0 Å². The second-order valence-corrected chi connectivity index (χ2v) is 4.42. The summed E-state index contributed by atoms with van der Waals surface area (Å²) in [5, 5.41) is 11.6. The molecule has 1 fully saturated rings. The van der Waals surface area contributed by atoms with Crippen molar-refractivity contribution < 1.29 is 14.7 Å². The molecule has 1 aliphatic heterocycles. The predicted octanol–water partition coefficient (Wildman–Crippen LogP) is -0.0177. The SMILES string of the molecule is CCC(C)(NC(=O)N1CCC(N)C1)C(=O)O. The first-order chi connectivity index (χ1) is 7.39. The van der Waals surface area contributed by atoms with Crippen LogP contribution in [0.5, 0.6) is 0 Å². The van der Waals surface area contributed by atoms with Gasteiger partial charge in [0.25, 0.3) is 0 Å². The monoisotopic (exact) mass is 229 g/mol. The van der Waals surface area contributed by atoms with Crippen molar-refractivity contribution in [2.45, 2.75) is 38.3 Å². The van der Waals surface area contributed by atoms with E-state index in [-0.39, 0.29) is 12.1 Å². The predicted molar refractivity (Wildman–Crippen MR) is 59.0 cm³/mol. The van der Waals surface area contributed by atoms with Crippen molar-refractivity contribution in [1.82, 2.24) is 10.2 Å². The van der Waals surface area contributed by atoms with E-state index >= 15 is 0 Å². The second-order valence-electron chi connectivity index (χ2n) is 4.42. The van der Waals surface area contributed by atoms with Crippen molar-refractivity contribution >= 4 is 12.0 Å². The maximum absolute atomic E-state index is 11.8. The fraction of sp³-hybridized carbons (Fsp3) is 0.800. The molecule has 6 nitrogen and oxygen atoms in total. The zero-order valence-electron chi connectivity index (χ0n) is 9.69. The molecule has 1 aliphatic rings. The average molecular weight is 229 g/mol. The van der Waals surface area contributed by atoms with Gasteiger partial charge < -0.3 is 21.1 Å². The topological polar surface area (TPSA) is 95.7 Å². The lowest BCUT2D eigenvalue weighted by molar-refractivity contribution is -0.143. The smallest absolute Gasteiger partial charge is 0.329 e. The standard InChI is InChI=1S/C10H19N3O3/c1-3-10(2,8(14)15)12-9(16)13-5-4-7(11)6-13/h7H,3-6,11H2,1-2H3,(H,12,16)(H,14,15). The van der Waals surface area contributed by atoms with Gasteiger partial charge in [0.1, 0.15) is 5.54 Å². The van der Waals surface area contributed by atoms with E-state index < -0.39 is 11.5 Å². The molecule has 2 unspecified atom stereocenters. The quantitative estimate of drug-likeness (QED) is 0.634. The molecule has 0 spiro atoms. The van der Waals surface area contributed by atoms with Crippen LogP contribution in [0.25, 0.3) is 0 Å². The maximum atomic E-state index is 11.8. The molecule has 1 rings (SSSR count). The molecule has 0 aromatic carbocycles. The molecule has 92 valence electrons. The van der Waals surface area contributed by atoms with Crippen molar-refractivity contribution in [2.24, 2.45) is 5.73 Å². The molecule has 0 aromatic rings. The molecule has 0 aromatic heterocycles. The van der Waals surface area contributed by atoms with E-state index in [1.165, 1.54) is 6.92 Å². The van der Waals surface area contributed by atoms with Crippen LogP contribution >= 0.6 is 0 Å². The van der Waals surface area contributed by atoms with E-state index in [1.807, 2.05) is 0 Å². The fourth-order valence-corrected chi connectivity index (χ4v) is 1.58. The number of carbonyl (C=O) groups is 2. The number of nitrogens with zero attached hydrogens (tertiary/aromatic N) is 1. The van der Waals surface area contributed by atoms with E-state index in [2.05, 4.69) is 5.32 Å². The van der Waals surface area contributed by atoms with Crippen LogP contribution < -0.4 is 11.1 Å². The Morgan fingerprint density at radius 2 is 2.25 bits per heavy atom. The van der Waals surface area contributed by atoms with Gasteiger partial charge in [-0.05, 0) is 19.8 Å². The van der Waals surface area contributed by atoms with Crippen molar-refractivity contribution in [2.75, 3.05) is 13.1 Å². The maximum Gasteiger partial charge on any atom is 0.329 e. The van der Waals surface area contributed by atoms with Crippen molar-refractivity contribution in [3.05, 3.63) is 0 Å². The summed E-state index contributed by atoms with van der Waals surface area (Å²) in [5.41, 5.74) is 4.48. The Hall–Kier alpha value is -1.30. The molecule has 6 heteroatoms. The lowest BCUT2D eigenvalue weighted by Crippen LogP contribution is -2.55. The first kappa shape index (κ1) is 12.8. The van der Waals surface area contributed by atoms with E-state index in [0.29, 0.717) is 19.5 Å². The number of carboxylic acids is 1. The third kappa shape index (κ3) is 2.63. The number of hydrogen-bond donors (Lipinski definition) is 3. The number of hydrogen-bond acceptors (Lipinski definition) is 3. The molecule has 0 saturated carbocycles. The number of aliphatic carboxylic acids is 1. The van der Waals surface area contributed by atoms with E-state index in [4.69, 9.17) is 10.8 Å². The van der Waals surface area contributed by atoms with Gasteiger partial charge in [0.2, 0.25) is 0 Å². The Morgan fingerprint density at radius 1 is 1.62 bits per heavy atom. The largest absolute Gasteiger partial charge is 0.480 e. The van der Waals surface area contributed by atoms with Crippen LogP contribution in [0, 0.1) is 0 Å². The summed E-state index contributed by atoms with van der Waals surface area (Å²) in [4.78, 5) is 24.3. The van der Waals surface area contributed by atoms with Gasteiger partial charge in [-0.1, -0.05) is 6.92 Å². The number of nitrogens with one attached hydrogen (secondary N) is 1. The zero-order chi connectivity index (χ0) is 12.3. The number of carbonyl (C=O) groups excluding carboxylic acids is 1. The number of urea groups is 1. The minimum absolute atomic E-state index is 0.00320. The normalized spacial score (nSPS) is 23.9. The molecule has 0 bridgehead atoms. The summed E-state index contributed by atoms with van der Waals surface area (Å²) in [6.07, 6.45) is 1.11. The minimum Gasteiger partial charge on any atom is -0.480 e. The fourth-order valence-electron chi connectivity index (χ4n) is 1.58. The van der Waals surface area contributed by atoms with Crippen LogP contribution in [0.2, 0.25) is 0 Å². The van der Waals surface area contributed by atoms with Gasteiger partial charge in [0.15, 0.2) is 0 Å². The van der Waals surface area contributed by atoms with Gasteiger partial charge in [0.05, 0.1) is 0 Å². The highest BCUT2D eigenvalue weighted by atomic mass is 16.4. The average Bonchev–Trinajstić information content (AvgIpc) is 2.64. The van der Waals surface area contributed by atoms with Crippen molar-refractivity contribution in [1.29, 1.82) is 0 Å². The van der Waals surface area contributed by atoms with Crippen molar-refractivity contribution in [3.63, 3.8) is 0 Å². The molecule has 4 N–H and O–H groups in total. The highest BCUT2D eigenvalue weighted by molar-refractivity contribution is 5.85. The summed E-state index contributed by atoms with van der Waals surface area (Å²) in [6.45, 7) is 4.31. The molecule has 1 heterocycles. The zero-order valence-corrected chi connectivity index (χ0v) is 9.69. The number of likely N-dealkylation sites (tertiary alicyclic amines) is 1. The Balaban J connectivity index is 2.59. The van der Waals surface area contributed by atoms with E-state index in [1.54, 1.807) is 11.8 Å². The van der Waals surface area contributed by atoms with Gasteiger partial charge in [0, 0.05) is 19.1 Å². The summed E-state index contributed by atoms with van der Waals surface area (Å²) >= 11 is 0. The van der Waals surface area contributed by atoms with Crippen LogP contribution in [0.1, 0.15) is 26.7 Å². The van der Waals surface area contributed by atoms with Gasteiger partial charge in [-0.3, -0.25) is 0 Å². The molecule has 16 heavy (non-hydrogen) atoms. The molecule has 2 amide bonds. The lowest BCUT2D eigenvalue weighted by atomic mass is 10.00. The third-order valence-corrected chi connectivity index (χ3v) is 3.07. The number of carboxylic acid groups (broad SMARTS) is 1. The van der Waals surface area contributed by atoms with E-state index in [9.17, 15) is 9.59 Å². The minimum atomic E-state index is -1.20. The Kier molecular flexibility index (Phi) is 3.74. The van der Waals surface area contributed by atoms with Crippen LogP contribution in [0.3, 0.4) is 0 Å². The van der Waals surface area contributed by atoms with E-state index in [0.717, 1.165) is 6.42 Å². The summed E-state index contributed by atoms with van der Waals surface area (Å²) in [5.74, 6) is -1.02.